The summed E-state index contributed by atoms with van der Waals surface area (Å²) in [4.78, 5) is 14.1. The van der Waals surface area contributed by atoms with E-state index in [2.05, 4.69) is 0 Å². The van der Waals surface area contributed by atoms with Crippen LogP contribution in [-0.4, -0.2) is 23.9 Å². The van der Waals surface area contributed by atoms with E-state index in [1.807, 2.05) is 25.7 Å². The Bertz CT molecular complexity index is 419. The third-order valence-corrected chi connectivity index (χ3v) is 3.73. The first-order chi connectivity index (χ1) is 9.49. The van der Waals surface area contributed by atoms with E-state index in [1.165, 1.54) is 12.1 Å². The molecule has 1 aromatic carbocycles. The van der Waals surface area contributed by atoms with Crippen molar-refractivity contribution in [1.82, 2.24) is 4.90 Å². The van der Waals surface area contributed by atoms with Crippen LogP contribution in [0.2, 0.25) is 0 Å². The van der Waals surface area contributed by atoms with Crippen molar-refractivity contribution in [2.24, 2.45) is 11.7 Å². The summed E-state index contributed by atoms with van der Waals surface area (Å²) in [5.74, 6) is 0.232. The number of nitrogens with two attached hydrogens (primary N) is 1. The number of hydrogen-bond acceptors (Lipinski definition) is 2. The summed E-state index contributed by atoms with van der Waals surface area (Å²) in [6.45, 7) is 7.24. The maximum Gasteiger partial charge on any atom is 0.223 e. The largest absolute Gasteiger partial charge is 0.336 e. The van der Waals surface area contributed by atoms with Gasteiger partial charge < -0.3 is 10.6 Å². The molecule has 112 valence electrons. The molecule has 0 radical (unpaired) electrons. The molecule has 0 fully saturated rings. The fraction of sp³-hybridized carbons (Fsp3) is 0.562. The lowest BCUT2D eigenvalue weighted by Crippen LogP contribution is -2.33. The number of rotatable bonds is 7. The van der Waals surface area contributed by atoms with Crippen LogP contribution in [-0.2, 0) is 4.79 Å². The molecule has 0 bridgehead atoms. The lowest BCUT2D eigenvalue weighted by atomic mass is 10.0. The Balaban J connectivity index is 2.69. The van der Waals surface area contributed by atoms with E-state index < -0.39 is 0 Å². The normalized spacial score (nSPS) is 13.8. The Hall–Kier alpha value is -1.42. The molecular weight excluding hydrogens is 255 g/mol. The second-order valence-electron chi connectivity index (χ2n) is 5.29. The summed E-state index contributed by atoms with van der Waals surface area (Å²) in [5, 5.41) is 0. The molecule has 0 saturated carbocycles. The highest BCUT2D eigenvalue weighted by molar-refractivity contribution is 5.76. The first-order valence-corrected chi connectivity index (χ1v) is 7.24. The summed E-state index contributed by atoms with van der Waals surface area (Å²) in [7, 11) is 0. The number of carbonyl (C=O) groups excluding carboxylic acids is 1. The summed E-state index contributed by atoms with van der Waals surface area (Å²) in [5.41, 5.74) is 6.52. The van der Waals surface area contributed by atoms with Gasteiger partial charge in [-0.1, -0.05) is 19.1 Å². The molecular formula is C16H25FN2O. The van der Waals surface area contributed by atoms with Gasteiger partial charge in [-0.2, -0.15) is 0 Å². The number of hydrogen-bond donors (Lipinski definition) is 1. The zero-order valence-corrected chi connectivity index (χ0v) is 12.6. The molecule has 0 aliphatic heterocycles. The van der Waals surface area contributed by atoms with Crippen LogP contribution in [0.1, 0.15) is 45.2 Å². The molecule has 2 atom stereocenters. The minimum absolute atomic E-state index is 0.0405. The van der Waals surface area contributed by atoms with E-state index in [0.717, 1.165) is 12.0 Å². The zero-order valence-electron chi connectivity index (χ0n) is 12.6. The van der Waals surface area contributed by atoms with Crippen LogP contribution in [0.3, 0.4) is 0 Å². The SMILES string of the molecule is CCN(C(=O)CCC(C)CN)C(C)c1ccc(F)cc1. The predicted molar refractivity (Wildman–Crippen MR) is 79.7 cm³/mol. The minimum Gasteiger partial charge on any atom is -0.336 e. The molecule has 20 heavy (non-hydrogen) atoms. The van der Waals surface area contributed by atoms with Crippen LogP contribution < -0.4 is 5.73 Å². The van der Waals surface area contributed by atoms with Crippen molar-refractivity contribution in [2.45, 2.75) is 39.7 Å². The van der Waals surface area contributed by atoms with Crippen LogP contribution in [0.25, 0.3) is 0 Å². The average molecular weight is 280 g/mol. The van der Waals surface area contributed by atoms with E-state index in [1.54, 1.807) is 12.1 Å². The summed E-state index contributed by atoms with van der Waals surface area (Å²) in [6.07, 6.45) is 1.32. The van der Waals surface area contributed by atoms with Gasteiger partial charge in [-0.15, -0.1) is 0 Å². The number of benzene rings is 1. The van der Waals surface area contributed by atoms with Gasteiger partial charge in [0.1, 0.15) is 5.82 Å². The molecule has 4 heteroatoms. The number of carbonyl (C=O) groups is 1. The third-order valence-electron chi connectivity index (χ3n) is 3.73. The number of nitrogens with zero attached hydrogens (tertiary/aromatic N) is 1. The van der Waals surface area contributed by atoms with E-state index in [9.17, 15) is 9.18 Å². The molecule has 1 amide bonds. The molecule has 0 aromatic heterocycles. The molecule has 0 aliphatic rings. The van der Waals surface area contributed by atoms with E-state index in [-0.39, 0.29) is 17.8 Å². The van der Waals surface area contributed by atoms with Crippen molar-refractivity contribution in [3.05, 3.63) is 35.6 Å². The molecule has 1 rings (SSSR count). The molecule has 0 spiro atoms. The van der Waals surface area contributed by atoms with Gasteiger partial charge in [0.05, 0.1) is 6.04 Å². The molecule has 0 aliphatic carbocycles. The maximum absolute atomic E-state index is 12.9. The Morgan fingerprint density at radius 3 is 2.40 bits per heavy atom. The fourth-order valence-corrected chi connectivity index (χ4v) is 2.22. The van der Waals surface area contributed by atoms with Gasteiger partial charge in [-0.25, -0.2) is 4.39 Å². The van der Waals surface area contributed by atoms with Gasteiger partial charge in [-0.05, 0) is 50.4 Å². The third kappa shape index (κ3) is 4.60. The highest BCUT2D eigenvalue weighted by atomic mass is 19.1. The fourth-order valence-electron chi connectivity index (χ4n) is 2.22. The minimum atomic E-state index is -0.257. The van der Waals surface area contributed by atoms with Crippen LogP contribution in [0.15, 0.2) is 24.3 Å². The summed E-state index contributed by atoms with van der Waals surface area (Å²) >= 11 is 0. The lowest BCUT2D eigenvalue weighted by molar-refractivity contribution is -0.133. The highest BCUT2D eigenvalue weighted by Gasteiger charge is 2.20. The lowest BCUT2D eigenvalue weighted by Gasteiger charge is -2.29. The molecule has 2 unspecified atom stereocenters. The zero-order chi connectivity index (χ0) is 15.1. The van der Waals surface area contributed by atoms with E-state index in [0.29, 0.717) is 25.4 Å². The van der Waals surface area contributed by atoms with Crippen LogP contribution in [0, 0.1) is 11.7 Å². The monoisotopic (exact) mass is 280 g/mol. The maximum atomic E-state index is 12.9. The number of amides is 1. The molecule has 2 N–H and O–H groups in total. The Labute approximate surface area is 121 Å². The van der Waals surface area contributed by atoms with E-state index in [4.69, 9.17) is 5.73 Å². The van der Waals surface area contributed by atoms with Crippen LogP contribution in [0.4, 0.5) is 4.39 Å². The molecule has 0 heterocycles. The van der Waals surface area contributed by atoms with Gasteiger partial charge in [0.25, 0.3) is 0 Å². The van der Waals surface area contributed by atoms with Crippen molar-refractivity contribution in [1.29, 1.82) is 0 Å². The summed E-state index contributed by atoms with van der Waals surface area (Å²) in [6, 6.07) is 6.29. The van der Waals surface area contributed by atoms with Crippen molar-refractivity contribution in [2.75, 3.05) is 13.1 Å². The standard InChI is InChI=1S/C16H25FN2O/c1-4-19(16(20)10-5-12(2)11-18)13(3)14-6-8-15(17)9-7-14/h6-9,12-13H,4-5,10-11,18H2,1-3H3. The van der Waals surface area contributed by atoms with Crippen molar-refractivity contribution >= 4 is 5.91 Å². The highest BCUT2D eigenvalue weighted by Crippen LogP contribution is 2.22. The smallest absolute Gasteiger partial charge is 0.223 e. The second kappa shape index (κ2) is 8.00. The van der Waals surface area contributed by atoms with Crippen LogP contribution >= 0.6 is 0 Å². The number of halogens is 1. The van der Waals surface area contributed by atoms with Gasteiger partial charge in [0, 0.05) is 13.0 Å². The first kappa shape index (κ1) is 16.6. The molecule has 1 aromatic rings. The van der Waals surface area contributed by atoms with Gasteiger partial charge in [-0.3, -0.25) is 4.79 Å². The molecule has 0 saturated heterocycles. The van der Waals surface area contributed by atoms with Crippen molar-refractivity contribution in [3.63, 3.8) is 0 Å². The van der Waals surface area contributed by atoms with Gasteiger partial charge in [0.15, 0.2) is 0 Å². The second-order valence-corrected chi connectivity index (χ2v) is 5.29. The summed E-state index contributed by atoms with van der Waals surface area (Å²) < 4.78 is 12.9. The predicted octanol–water partition coefficient (Wildman–Crippen LogP) is 3.11. The first-order valence-electron chi connectivity index (χ1n) is 7.24. The van der Waals surface area contributed by atoms with Crippen LogP contribution in [0.5, 0.6) is 0 Å². The van der Waals surface area contributed by atoms with Gasteiger partial charge >= 0.3 is 0 Å². The van der Waals surface area contributed by atoms with Crippen molar-refractivity contribution in [3.8, 4) is 0 Å². The Morgan fingerprint density at radius 2 is 1.90 bits per heavy atom. The topological polar surface area (TPSA) is 46.3 Å². The quantitative estimate of drug-likeness (QED) is 0.834. The van der Waals surface area contributed by atoms with E-state index >= 15 is 0 Å². The Morgan fingerprint density at radius 1 is 1.30 bits per heavy atom. The van der Waals surface area contributed by atoms with Gasteiger partial charge in [0.2, 0.25) is 5.91 Å². The van der Waals surface area contributed by atoms with Crippen molar-refractivity contribution < 1.29 is 9.18 Å². The molecule has 3 nitrogen and oxygen atoms in total. The average Bonchev–Trinajstić information content (AvgIpc) is 2.46. The Kier molecular flexibility index (Phi) is 6.65.